The minimum Gasteiger partial charge on any atom is -0.145 e. The number of benzene rings is 1. The molecule has 1 atom stereocenters. The Morgan fingerprint density at radius 3 is 2.71 bits per heavy atom. The Bertz CT molecular complexity index is 545. The molecular formula is C14H12Cl2S. The molecule has 17 heavy (non-hydrogen) atoms. The molecule has 0 nitrogen and oxygen atoms in total. The zero-order valence-electron chi connectivity index (χ0n) is 9.25. The molecule has 1 unspecified atom stereocenters. The summed E-state index contributed by atoms with van der Waals surface area (Å²) in [4.78, 5) is 1.05. The van der Waals surface area contributed by atoms with Gasteiger partial charge in [-0.05, 0) is 47.4 Å². The molecule has 3 rings (SSSR count). The van der Waals surface area contributed by atoms with Crippen molar-refractivity contribution in [1.82, 2.24) is 0 Å². The first-order valence-electron chi connectivity index (χ1n) is 5.74. The van der Waals surface area contributed by atoms with Gasteiger partial charge in [-0.3, -0.25) is 0 Å². The second-order valence-corrected chi connectivity index (χ2v) is 6.17. The third-order valence-electron chi connectivity index (χ3n) is 3.29. The number of aryl methyl sites for hydroxylation is 2. The van der Waals surface area contributed by atoms with Gasteiger partial charge in [0, 0.05) is 4.88 Å². The molecular weight excluding hydrogens is 271 g/mol. The maximum absolute atomic E-state index is 6.51. The fourth-order valence-electron chi connectivity index (χ4n) is 2.39. The highest BCUT2D eigenvalue weighted by atomic mass is 35.5. The van der Waals surface area contributed by atoms with Gasteiger partial charge in [-0.15, -0.1) is 22.9 Å². The molecule has 0 saturated carbocycles. The number of halogens is 2. The van der Waals surface area contributed by atoms with Gasteiger partial charge in [-0.1, -0.05) is 29.8 Å². The number of fused-ring (bicyclic) bond motifs is 1. The van der Waals surface area contributed by atoms with E-state index in [1.165, 1.54) is 30.4 Å². The van der Waals surface area contributed by atoms with Gasteiger partial charge in [0.25, 0.3) is 0 Å². The highest BCUT2D eigenvalue weighted by molar-refractivity contribution is 7.11. The van der Waals surface area contributed by atoms with Crippen molar-refractivity contribution >= 4 is 34.5 Å². The molecule has 88 valence electrons. The predicted molar refractivity (Wildman–Crippen MR) is 75.5 cm³/mol. The lowest BCUT2D eigenvalue weighted by atomic mass is 10.0. The number of hydrogen-bond acceptors (Lipinski definition) is 1. The highest BCUT2D eigenvalue weighted by Gasteiger charge is 2.18. The van der Waals surface area contributed by atoms with Crippen molar-refractivity contribution < 1.29 is 0 Å². The van der Waals surface area contributed by atoms with Crippen molar-refractivity contribution in [2.75, 3.05) is 0 Å². The molecule has 1 aliphatic carbocycles. The van der Waals surface area contributed by atoms with Crippen molar-refractivity contribution in [1.29, 1.82) is 0 Å². The molecule has 3 heteroatoms. The number of alkyl halides is 1. The molecule has 0 saturated heterocycles. The fourth-order valence-corrected chi connectivity index (χ4v) is 4.02. The van der Waals surface area contributed by atoms with Crippen molar-refractivity contribution in [3.63, 3.8) is 0 Å². The van der Waals surface area contributed by atoms with Crippen LogP contribution >= 0.6 is 34.5 Å². The van der Waals surface area contributed by atoms with Crippen molar-refractivity contribution in [2.24, 2.45) is 0 Å². The highest BCUT2D eigenvalue weighted by Crippen LogP contribution is 2.38. The van der Waals surface area contributed by atoms with Crippen LogP contribution < -0.4 is 0 Å². The van der Waals surface area contributed by atoms with Crippen LogP contribution in [0, 0.1) is 0 Å². The van der Waals surface area contributed by atoms with Crippen molar-refractivity contribution in [3.8, 4) is 0 Å². The summed E-state index contributed by atoms with van der Waals surface area (Å²) in [7, 11) is 0. The van der Waals surface area contributed by atoms with E-state index in [0.29, 0.717) is 0 Å². The van der Waals surface area contributed by atoms with E-state index >= 15 is 0 Å². The topological polar surface area (TPSA) is 0 Å². The first kappa shape index (κ1) is 11.6. The average Bonchev–Trinajstić information content (AvgIpc) is 2.95. The van der Waals surface area contributed by atoms with Crippen LogP contribution in [0.4, 0.5) is 0 Å². The second-order valence-electron chi connectivity index (χ2n) is 4.38. The lowest BCUT2D eigenvalue weighted by Gasteiger charge is -2.10. The zero-order valence-corrected chi connectivity index (χ0v) is 11.6. The molecule has 0 radical (unpaired) electrons. The largest absolute Gasteiger partial charge is 0.145 e. The van der Waals surface area contributed by atoms with E-state index in [4.69, 9.17) is 23.2 Å². The maximum atomic E-state index is 6.51. The average molecular weight is 283 g/mol. The molecule has 1 aromatic heterocycles. The van der Waals surface area contributed by atoms with E-state index in [0.717, 1.165) is 15.5 Å². The minimum absolute atomic E-state index is 0.117. The van der Waals surface area contributed by atoms with E-state index in [-0.39, 0.29) is 5.38 Å². The van der Waals surface area contributed by atoms with Crippen molar-refractivity contribution in [2.45, 2.75) is 24.6 Å². The summed E-state index contributed by atoms with van der Waals surface area (Å²) < 4.78 is 0. The van der Waals surface area contributed by atoms with Crippen LogP contribution in [-0.4, -0.2) is 0 Å². The summed E-state index contributed by atoms with van der Waals surface area (Å²) in [6.45, 7) is 0. The van der Waals surface area contributed by atoms with Gasteiger partial charge in [0.15, 0.2) is 0 Å². The summed E-state index contributed by atoms with van der Waals surface area (Å²) in [5.74, 6) is 0. The Hall–Kier alpha value is -0.500. The molecule has 0 spiro atoms. The normalized spacial score (nSPS) is 15.9. The Morgan fingerprint density at radius 1 is 1.12 bits per heavy atom. The van der Waals surface area contributed by atoms with Crippen LogP contribution in [-0.2, 0) is 12.8 Å². The Kier molecular flexibility index (Phi) is 3.16. The Labute approximate surface area is 115 Å². The first-order valence-corrected chi connectivity index (χ1v) is 7.44. The fraction of sp³-hybridized carbons (Fsp3) is 0.286. The van der Waals surface area contributed by atoms with Gasteiger partial charge in [0.1, 0.15) is 0 Å². The van der Waals surface area contributed by atoms with Gasteiger partial charge in [-0.25, -0.2) is 0 Å². The summed E-state index contributed by atoms with van der Waals surface area (Å²) in [5.41, 5.74) is 4.10. The van der Waals surface area contributed by atoms with Gasteiger partial charge >= 0.3 is 0 Å². The van der Waals surface area contributed by atoms with E-state index in [2.05, 4.69) is 18.2 Å². The number of rotatable bonds is 2. The molecule has 0 bridgehead atoms. The van der Waals surface area contributed by atoms with Crippen LogP contribution in [0.25, 0.3) is 0 Å². The Balaban J connectivity index is 1.97. The van der Waals surface area contributed by atoms with E-state index in [1.807, 2.05) is 11.4 Å². The number of hydrogen-bond donors (Lipinski definition) is 0. The third-order valence-corrected chi connectivity index (χ3v) is 5.31. The van der Waals surface area contributed by atoms with E-state index in [9.17, 15) is 0 Å². The molecule has 0 N–H and O–H groups in total. The second kappa shape index (κ2) is 4.64. The standard InChI is InChI=1S/C14H12Cl2S/c15-12-6-7-17-14(12)13(16)11-5-4-9-2-1-3-10(9)8-11/h4-8,13H,1-3H2. The summed E-state index contributed by atoms with van der Waals surface area (Å²) >= 11 is 14.3. The SMILES string of the molecule is Clc1ccsc1C(Cl)c1ccc2c(c1)CCC2. The van der Waals surface area contributed by atoms with Crippen LogP contribution in [0.15, 0.2) is 29.6 Å². The lowest BCUT2D eigenvalue weighted by Crippen LogP contribution is -1.93. The molecule has 0 fully saturated rings. The summed E-state index contributed by atoms with van der Waals surface area (Å²) in [6.07, 6.45) is 3.67. The quantitative estimate of drug-likeness (QED) is 0.663. The van der Waals surface area contributed by atoms with Crippen molar-refractivity contribution in [3.05, 3.63) is 56.2 Å². The summed E-state index contributed by atoms with van der Waals surface area (Å²) in [6, 6.07) is 8.51. The summed E-state index contributed by atoms with van der Waals surface area (Å²) in [5, 5.41) is 2.64. The monoisotopic (exact) mass is 282 g/mol. The molecule has 1 heterocycles. The van der Waals surface area contributed by atoms with Gasteiger partial charge in [0.05, 0.1) is 10.4 Å². The van der Waals surface area contributed by atoms with Crippen LogP contribution in [0.2, 0.25) is 5.02 Å². The predicted octanol–water partition coefficient (Wildman–Crippen LogP) is 5.22. The molecule has 2 aromatic rings. The molecule has 1 aliphatic rings. The van der Waals surface area contributed by atoms with E-state index < -0.39 is 0 Å². The minimum atomic E-state index is -0.117. The zero-order chi connectivity index (χ0) is 11.8. The molecule has 0 amide bonds. The molecule has 1 aromatic carbocycles. The first-order chi connectivity index (χ1) is 8.25. The van der Waals surface area contributed by atoms with Gasteiger partial charge < -0.3 is 0 Å². The maximum Gasteiger partial charge on any atom is 0.0942 e. The lowest BCUT2D eigenvalue weighted by molar-refractivity contribution is 0.911. The van der Waals surface area contributed by atoms with Crippen LogP contribution in [0.3, 0.4) is 0 Å². The van der Waals surface area contributed by atoms with Crippen LogP contribution in [0.5, 0.6) is 0 Å². The van der Waals surface area contributed by atoms with Gasteiger partial charge in [-0.2, -0.15) is 0 Å². The van der Waals surface area contributed by atoms with Crippen LogP contribution in [0.1, 0.15) is 33.4 Å². The third kappa shape index (κ3) is 2.12. The van der Waals surface area contributed by atoms with Gasteiger partial charge in [0.2, 0.25) is 0 Å². The smallest absolute Gasteiger partial charge is 0.0942 e. The number of thiophene rings is 1. The Morgan fingerprint density at radius 2 is 1.94 bits per heavy atom. The molecule has 0 aliphatic heterocycles. The van der Waals surface area contributed by atoms with E-state index in [1.54, 1.807) is 11.3 Å².